The highest BCUT2D eigenvalue weighted by Crippen LogP contribution is 2.44. The van der Waals surface area contributed by atoms with Gasteiger partial charge in [0.05, 0.1) is 10.4 Å². The van der Waals surface area contributed by atoms with Gasteiger partial charge in [-0.2, -0.15) is 0 Å². The first-order chi connectivity index (χ1) is 10.4. The molecule has 1 amide bonds. The number of carbonyl (C=O) groups excluding carboxylic acids is 2. The Labute approximate surface area is 141 Å². The van der Waals surface area contributed by atoms with Crippen molar-refractivity contribution in [2.75, 3.05) is 11.9 Å². The van der Waals surface area contributed by atoms with Gasteiger partial charge in [-0.3, -0.25) is 4.79 Å². The largest absolute Gasteiger partial charge is 0.462 e. The van der Waals surface area contributed by atoms with Crippen LogP contribution in [0.1, 0.15) is 29.8 Å². The molecule has 0 aliphatic heterocycles. The van der Waals surface area contributed by atoms with Gasteiger partial charge in [-0.1, -0.05) is 29.8 Å². The van der Waals surface area contributed by atoms with Crippen molar-refractivity contribution in [3.05, 3.63) is 39.2 Å². The molecule has 2 rings (SSSR count). The highest BCUT2D eigenvalue weighted by Gasteiger charge is 2.25. The summed E-state index contributed by atoms with van der Waals surface area (Å²) in [6.07, 6.45) is 0. The lowest BCUT2D eigenvalue weighted by atomic mass is 10.0. The van der Waals surface area contributed by atoms with Gasteiger partial charge >= 0.3 is 5.97 Å². The van der Waals surface area contributed by atoms with E-state index in [1.165, 1.54) is 18.3 Å². The van der Waals surface area contributed by atoms with Gasteiger partial charge < -0.3 is 10.1 Å². The molecule has 4 nitrogen and oxygen atoms in total. The Bertz CT molecular complexity index is 707. The number of carbonyl (C=O) groups is 2. The molecule has 1 aromatic carbocycles. The minimum atomic E-state index is -0.441. The lowest BCUT2D eigenvalue weighted by Crippen LogP contribution is -2.11. The summed E-state index contributed by atoms with van der Waals surface area (Å²) in [6.45, 7) is 5.44. The molecule has 1 heterocycles. The van der Waals surface area contributed by atoms with Crippen LogP contribution in [0.3, 0.4) is 0 Å². The summed E-state index contributed by atoms with van der Waals surface area (Å²) in [5.41, 5.74) is 3.16. The summed E-state index contributed by atoms with van der Waals surface area (Å²) in [5.74, 6) is -0.668. The molecule has 1 N–H and O–H groups in total. The van der Waals surface area contributed by atoms with Crippen molar-refractivity contribution in [1.29, 1.82) is 0 Å². The normalized spacial score (nSPS) is 10.4. The number of anilines is 1. The molecule has 0 bridgehead atoms. The van der Waals surface area contributed by atoms with Crippen LogP contribution in [0.5, 0.6) is 0 Å². The van der Waals surface area contributed by atoms with Crippen molar-refractivity contribution in [3.8, 4) is 11.1 Å². The maximum Gasteiger partial charge on any atom is 0.341 e. The van der Waals surface area contributed by atoms with Gasteiger partial charge in [0.15, 0.2) is 0 Å². The second-order valence-corrected chi connectivity index (χ2v) is 7.06. The number of benzene rings is 1. The average molecular weight is 382 g/mol. The third-order valence-electron chi connectivity index (χ3n) is 2.97. The highest BCUT2D eigenvalue weighted by molar-refractivity contribution is 9.11. The summed E-state index contributed by atoms with van der Waals surface area (Å²) in [4.78, 5) is 23.7. The van der Waals surface area contributed by atoms with Gasteiger partial charge in [0, 0.05) is 12.5 Å². The van der Waals surface area contributed by atoms with Gasteiger partial charge in [-0.05, 0) is 35.3 Å². The minimum absolute atomic E-state index is 0.227. The summed E-state index contributed by atoms with van der Waals surface area (Å²) >= 11 is 4.80. The molecular formula is C16H16BrNO3S. The number of amides is 1. The number of thiophene rings is 1. The van der Waals surface area contributed by atoms with E-state index in [1.807, 2.05) is 31.2 Å². The standard InChI is InChI=1S/C16H16BrNO3S/c1-4-21-16(20)13-12(11-7-5-9(2)6-8-11)14(17)22-15(13)18-10(3)19/h5-8H,4H2,1-3H3,(H,18,19). The molecular weight excluding hydrogens is 366 g/mol. The third kappa shape index (κ3) is 3.56. The van der Waals surface area contributed by atoms with E-state index < -0.39 is 5.97 Å². The number of hydrogen-bond donors (Lipinski definition) is 1. The summed E-state index contributed by atoms with van der Waals surface area (Å²) in [6, 6.07) is 7.85. The number of aryl methyl sites for hydroxylation is 1. The smallest absolute Gasteiger partial charge is 0.341 e. The molecule has 22 heavy (non-hydrogen) atoms. The number of esters is 1. The van der Waals surface area contributed by atoms with E-state index in [4.69, 9.17) is 4.74 Å². The van der Waals surface area contributed by atoms with Crippen LogP contribution in [0, 0.1) is 6.92 Å². The van der Waals surface area contributed by atoms with E-state index in [9.17, 15) is 9.59 Å². The summed E-state index contributed by atoms with van der Waals surface area (Å²) in [7, 11) is 0. The Balaban J connectivity index is 2.60. The predicted octanol–water partition coefficient (Wildman–Crippen LogP) is 4.62. The molecule has 0 radical (unpaired) electrons. The number of halogens is 1. The monoisotopic (exact) mass is 381 g/mol. The van der Waals surface area contributed by atoms with Crippen LogP contribution in [0.15, 0.2) is 28.1 Å². The Kier molecular flexibility index (Phi) is 5.37. The summed E-state index contributed by atoms with van der Waals surface area (Å²) in [5, 5.41) is 3.20. The van der Waals surface area contributed by atoms with E-state index in [0.717, 1.165) is 20.5 Å². The topological polar surface area (TPSA) is 55.4 Å². The van der Waals surface area contributed by atoms with Crippen LogP contribution in [0.2, 0.25) is 0 Å². The molecule has 0 aliphatic rings. The molecule has 0 spiro atoms. The van der Waals surface area contributed by atoms with Crippen molar-refractivity contribution >= 4 is 44.1 Å². The Morgan fingerprint density at radius 2 is 1.91 bits per heavy atom. The first kappa shape index (κ1) is 16.7. The molecule has 0 saturated carbocycles. The zero-order valence-electron chi connectivity index (χ0n) is 12.5. The molecule has 2 aromatic rings. The molecule has 0 unspecified atom stereocenters. The molecule has 116 valence electrons. The lowest BCUT2D eigenvalue weighted by molar-refractivity contribution is -0.114. The van der Waals surface area contributed by atoms with Crippen LogP contribution in [0.4, 0.5) is 5.00 Å². The van der Waals surface area contributed by atoms with Crippen molar-refractivity contribution in [2.45, 2.75) is 20.8 Å². The van der Waals surface area contributed by atoms with Gasteiger partial charge in [-0.25, -0.2) is 4.79 Å². The van der Waals surface area contributed by atoms with Crippen molar-refractivity contribution < 1.29 is 14.3 Å². The Morgan fingerprint density at radius 3 is 2.45 bits per heavy atom. The van der Waals surface area contributed by atoms with Crippen LogP contribution in [-0.2, 0) is 9.53 Å². The molecule has 1 aromatic heterocycles. The molecule has 0 fully saturated rings. The van der Waals surface area contributed by atoms with Gasteiger partial charge in [0.1, 0.15) is 10.6 Å². The van der Waals surface area contributed by atoms with Crippen LogP contribution in [0.25, 0.3) is 11.1 Å². The molecule has 0 saturated heterocycles. The van der Waals surface area contributed by atoms with Crippen LogP contribution in [-0.4, -0.2) is 18.5 Å². The van der Waals surface area contributed by atoms with E-state index >= 15 is 0 Å². The van der Waals surface area contributed by atoms with E-state index in [2.05, 4.69) is 21.2 Å². The fourth-order valence-corrected chi connectivity index (χ4v) is 3.92. The van der Waals surface area contributed by atoms with E-state index in [-0.39, 0.29) is 12.5 Å². The molecule has 0 atom stereocenters. The minimum Gasteiger partial charge on any atom is -0.462 e. The van der Waals surface area contributed by atoms with Crippen molar-refractivity contribution in [2.24, 2.45) is 0 Å². The van der Waals surface area contributed by atoms with E-state index in [0.29, 0.717) is 10.6 Å². The number of rotatable bonds is 4. The fraction of sp³-hybridized carbons (Fsp3) is 0.250. The predicted molar refractivity (Wildman–Crippen MR) is 92.5 cm³/mol. The van der Waals surface area contributed by atoms with Gasteiger partial charge in [0.2, 0.25) is 5.91 Å². The third-order valence-corrected chi connectivity index (χ3v) is 4.75. The first-order valence-electron chi connectivity index (χ1n) is 6.78. The maximum atomic E-state index is 12.3. The van der Waals surface area contributed by atoms with Crippen molar-refractivity contribution in [1.82, 2.24) is 0 Å². The highest BCUT2D eigenvalue weighted by atomic mass is 79.9. The van der Waals surface area contributed by atoms with Gasteiger partial charge in [-0.15, -0.1) is 11.3 Å². The fourth-order valence-electron chi connectivity index (χ4n) is 2.03. The number of nitrogens with one attached hydrogen (secondary N) is 1. The lowest BCUT2D eigenvalue weighted by Gasteiger charge is -2.08. The SMILES string of the molecule is CCOC(=O)c1c(NC(C)=O)sc(Br)c1-c1ccc(C)cc1. The average Bonchev–Trinajstić information content (AvgIpc) is 2.75. The van der Waals surface area contributed by atoms with Crippen LogP contribution < -0.4 is 5.32 Å². The number of ether oxygens (including phenoxy) is 1. The number of hydrogen-bond acceptors (Lipinski definition) is 4. The zero-order valence-corrected chi connectivity index (χ0v) is 14.9. The zero-order chi connectivity index (χ0) is 16.3. The molecule has 0 aliphatic carbocycles. The van der Waals surface area contributed by atoms with Crippen molar-refractivity contribution in [3.63, 3.8) is 0 Å². The Morgan fingerprint density at radius 1 is 1.27 bits per heavy atom. The maximum absolute atomic E-state index is 12.3. The molecule has 6 heteroatoms. The summed E-state index contributed by atoms with van der Waals surface area (Å²) < 4.78 is 5.93. The van der Waals surface area contributed by atoms with Crippen LogP contribution >= 0.6 is 27.3 Å². The van der Waals surface area contributed by atoms with Gasteiger partial charge in [0.25, 0.3) is 0 Å². The van der Waals surface area contributed by atoms with E-state index in [1.54, 1.807) is 6.92 Å². The quantitative estimate of drug-likeness (QED) is 0.785. The first-order valence-corrected chi connectivity index (χ1v) is 8.39. The second-order valence-electron chi connectivity index (χ2n) is 4.72. The second kappa shape index (κ2) is 7.07. The Hall–Kier alpha value is -1.66.